The van der Waals surface area contributed by atoms with E-state index in [0.29, 0.717) is 18.8 Å². The molecule has 0 saturated carbocycles. The van der Waals surface area contributed by atoms with Crippen molar-refractivity contribution in [1.29, 1.82) is 0 Å². The lowest BCUT2D eigenvalue weighted by Gasteiger charge is -2.17. The molecule has 0 bridgehead atoms. The highest BCUT2D eigenvalue weighted by atomic mass is 16.6. The number of nitrogens with zero attached hydrogens (tertiary/aromatic N) is 1. The highest BCUT2D eigenvalue weighted by Crippen LogP contribution is 1.98. The topological polar surface area (TPSA) is 29.5 Å². The Kier molecular flexibility index (Phi) is 4.34. The summed E-state index contributed by atoms with van der Waals surface area (Å²) in [4.78, 5) is 12.7. The summed E-state index contributed by atoms with van der Waals surface area (Å²) in [5.74, 6) is 0.432. The molecule has 1 amide bonds. The van der Waals surface area contributed by atoms with E-state index in [1.807, 2.05) is 13.8 Å². The summed E-state index contributed by atoms with van der Waals surface area (Å²) >= 11 is 0. The molecule has 0 fully saturated rings. The summed E-state index contributed by atoms with van der Waals surface area (Å²) < 4.78 is 4.79. The Morgan fingerprint density at radius 1 is 1.45 bits per heavy atom. The minimum atomic E-state index is -0.317. The van der Waals surface area contributed by atoms with Gasteiger partial charge < -0.3 is 9.64 Å². The van der Waals surface area contributed by atoms with Crippen LogP contribution in [0.4, 0.5) is 4.79 Å². The average molecular weight is 157 g/mol. The summed E-state index contributed by atoms with van der Waals surface area (Å²) in [5, 5.41) is 0. The zero-order chi connectivity index (χ0) is 8.85. The summed E-state index contributed by atoms with van der Waals surface area (Å²) in [6, 6.07) is 0. The van der Waals surface area contributed by atoms with Crippen molar-refractivity contribution in [3.05, 3.63) is 12.3 Å². The lowest BCUT2D eigenvalue weighted by Crippen LogP contribution is -2.30. The third kappa shape index (κ3) is 3.65. The quantitative estimate of drug-likeness (QED) is 0.586. The third-order valence-corrected chi connectivity index (χ3v) is 1.28. The molecule has 0 aliphatic rings. The molecule has 0 aliphatic carbocycles. The van der Waals surface area contributed by atoms with E-state index in [0.717, 1.165) is 0 Å². The molecule has 0 aromatic rings. The van der Waals surface area contributed by atoms with Crippen LogP contribution < -0.4 is 0 Å². The van der Waals surface area contributed by atoms with Gasteiger partial charge in [-0.2, -0.15) is 0 Å². The number of hydrogen-bond donors (Lipinski definition) is 0. The SMILES string of the molecule is C=C(C)OC(=O)N(CC)CC. The molecule has 0 aromatic carbocycles. The van der Waals surface area contributed by atoms with Gasteiger partial charge in [0.05, 0.1) is 5.76 Å². The van der Waals surface area contributed by atoms with Gasteiger partial charge in [-0.05, 0) is 20.8 Å². The van der Waals surface area contributed by atoms with Crippen LogP contribution in [0.5, 0.6) is 0 Å². The summed E-state index contributed by atoms with van der Waals surface area (Å²) in [7, 11) is 0. The summed E-state index contributed by atoms with van der Waals surface area (Å²) in [5.41, 5.74) is 0. The molecule has 0 rings (SSSR count). The van der Waals surface area contributed by atoms with Gasteiger partial charge >= 0.3 is 6.09 Å². The molecule has 64 valence electrons. The van der Waals surface area contributed by atoms with Crippen molar-refractivity contribution in [3.63, 3.8) is 0 Å². The second kappa shape index (κ2) is 4.77. The van der Waals surface area contributed by atoms with Crippen LogP contribution in [0.25, 0.3) is 0 Å². The van der Waals surface area contributed by atoms with Gasteiger partial charge in [-0.25, -0.2) is 4.79 Å². The lowest BCUT2D eigenvalue weighted by atomic mass is 10.5. The molecule has 0 N–H and O–H groups in total. The normalized spacial score (nSPS) is 9.00. The number of carbonyl (C=O) groups excluding carboxylic acids is 1. The van der Waals surface area contributed by atoms with Crippen LogP contribution in [0.2, 0.25) is 0 Å². The Hall–Kier alpha value is -0.990. The second-order valence-electron chi connectivity index (χ2n) is 2.24. The van der Waals surface area contributed by atoms with E-state index >= 15 is 0 Å². The minimum absolute atomic E-state index is 0.317. The Labute approximate surface area is 67.6 Å². The zero-order valence-corrected chi connectivity index (χ0v) is 7.39. The van der Waals surface area contributed by atoms with Crippen LogP contribution >= 0.6 is 0 Å². The molecule has 0 radical (unpaired) electrons. The number of rotatable bonds is 3. The maximum atomic E-state index is 11.1. The predicted molar refractivity (Wildman–Crippen MR) is 44.2 cm³/mol. The number of allylic oxidation sites excluding steroid dienone is 1. The molecule has 0 heterocycles. The first-order chi connectivity index (χ1) is 5.11. The Morgan fingerprint density at radius 3 is 2.18 bits per heavy atom. The number of carbonyl (C=O) groups is 1. The van der Waals surface area contributed by atoms with Gasteiger partial charge in [-0.1, -0.05) is 6.58 Å². The maximum Gasteiger partial charge on any atom is 0.414 e. The number of amides is 1. The fraction of sp³-hybridized carbons (Fsp3) is 0.625. The molecule has 0 saturated heterocycles. The van der Waals surface area contributed by atoms with Gasteiger partial charge in [0.2, 0.25) is 0 Å². The molecule has 3 nitrogen and oxygen atoms in total. The van der Waals surface area contributed by atoms with Crippen molar-refractivity contribution in [2.45, 2.75) is 20.8 Å². The molecule has 0 unspecified atom stereocenters. The Balaban J connectivity index is 3.89. The number of ether oxygens (including phenoxy) is 1. The van der Waals surface area contributed by atoms with Crippen LogP contribution in [0.15, 0.2) is 12.3 Å². The van der Waals surface area contributed by atoms with Crippen LogP contribution in [0.1, 0.15) is 20.8 Å². The van der Waals surface area contributed by atoms with Gasteiger partial charge in [0.1, 0.15) is 0 Å². The van der Waals surface area contributed by atoms with Crippen molar-refractivity contribution in [2.24, 2.45) is 0 Å². The average Bonchev–Trinajstić information content (AvgIpc) is 1.88. The van der Waals surface area contributed by atoms with E-state index in [9.17, 15) is 4.79 Å². The van der Waals surface area contributed by atoms with Crippen LogP contribution in [0, 0.1) is 0 Å². The second-order valence-corrected chi connectivity index (χ2v) is 2.24. The predicted octanol–water partition coefficient (Wildman–Crippen LogP) is 2.00. The highest BCUT2D eigenvalue weighted by molar-refractivity contribution is 5.68. The number of hydrogen-bond acceptors (Lipinski definition) is 2. The molecule has 0 spiro atoms. The lowest BCUT2D eigenvalue weighted by molar-refractivity contribution is 0.133. The monoisotopic (exact) mass is 157 g/mol. The first kappa shape index (κ1) is 10.0. The van der Waals surface area contributed by atoms with Crippen LogP contribution in [-0.4, -0.2) is 24.1 Å². The van der Waals surface area contributed by atoms with Crippen LogP contribution in [-0.2, 0) is 4.74 Å². The summed E-state index contributed by atoms with van der Waals surface area (Å²) in [6.07, 6.45) is -0.317. The van der Waals surface area contributed by atoms with Crippen molar-refractivity contribution >= 4 is 6.09 Å². The molecule has 0 atom stereocenters. The largest absolute Gasteiger partial charge is 0.416 e. The van der Waals surface area contributed by atoms with E-state index in [-0.39, 0.29) is 6.09 Å². The molecule has 0 aromatic heterocycles. The minimum Gasteiger partial charge on any atom is -0.416 e. The van der Waals surface area contributed by atoms with Crippen molar-refractivity contribution in [1.82, 2.24) is 4.90 Å². The van der Waals surface area contributed by atoms with Crippen molar-refractivity contribution < 1.29 is 9.53 Å². The highest BCUT2D eigenvalue weighted by Gasteiger charge is 2.09. The van der Waals surface area contributed by atoms with E-state index in [1.54, 1.807) is 11.8 Å². The Bertz CT molecular complexity index is 150. The van der Waals surface area contributed by atoms with E-state index in [2.05, 4.69) is 6.58 Å². The molecule has 11 heavy (non-hydrogen) atoms. The zero-order valence-electron chi connectivity index (χ0n) is 7.39. The van der Waals surface area contributed by atoms with Crippen LogP contribution in [0.3, 0.4) is 0 Å². The van der Waals surface area contributed by atoms with Gasteiger partial charge in [0, 0.05) is 13.1 Å². The van der Waals surface area contributed by atoms with Crippen molar-refractivity contribution in [2.75, 3.05) is 13.1 Å². The van der Waals surface area contributed by atoms with Gasteiger partial charge in [-0.3, -0.25) is 0 Å². The smallest absolute Gasteiger partial charge is 0.414 e. The summed E-state index contributed by atoms with van der Waals surface area (Å²) in [6.45, 7) is 10.3. The maximum absolute atomic E-state index is 11.1. The van der Waals surface area contributed by atoms with Crippen molar-refractivity contribution in [3.8, 4) is 0 Å². The third-order valence-electron chi connectivity index (χ3n) is 1.28. The van der Waals surface area contributed by atoms with E-state index in [4.69, 9.17) is 4.74 Å². The molecular formula is C8H15NO2. The van der Waals surface area contributed by atoms with Gasteiger partial charge in [0.15, 0.2) is 0 Å². The fourth-order valence-corrected chi connectivity index (χ4v) is 0.695. The standard InChI is InChI=1S/C8H15NO2/c1-5-9(6-2)8(10)11-7(3)4/h3,5-6H2,1-2,4H3. The molecule has 0 aliphatic heterocycles. The molecular weight excluding hydrogens is 142 g/mol. The van der Waals surface area contributed by atoms with Gasteiger partial charge in [-0.15, -0.1) is 0 Å². The Morgan fingerprint density at radius 2 is 1.91 bits per heavy atom. The molecule has 3 heteroatoms. The first-order valence-electron chi connectivity index (χ1n) is 3.74. The van der Waals surface area contributed by atoms with E-state index < -0.39 is 0 Å². The van der Waals surface area contributed by atoms with E-state index in [1.165, 1.54) is 0 Å². The van der Waals surface area contributed by atoms with Gasteiger partial charge in [0.25, 0.3) is 0 Å². The first-order valence-corrected chi connectivity index (χ1v) is 3.74. The fourth-order valence-electron chi connectivity index (χ4n) is 0.695.